The Morgan fingerprint density at radius 2 is 1.70 bits per heavy atom. The highest BCUT2D eigenvalue weighted by molar-refractivity contribution is 5.71. The molecule has 0 saturated heterocycles. The Balaban J connectivity index is 2.24. The van der Waals surface area contributed by atoms with Crippen molar-refractivity contribution in [2.24, 2.45) is 16.8 Å². The second-order valence-corrected chi connectivity index (χ2v) is 9.18. The van der Waals surface area contributed by atoms with E-state index in [-0.39, 0.29) is 24.8 Å². The maximum atomic E-state index is 13.6. The smallest absolute Gasteiger partial charge is 0.353 e. The molecule has 3 rings (SSSR count). The van der Waals surface area contributed by atoms with Crippen LogP contribution in [-0.4, -0.2) is 25.9 Å². The van der Waals surface area contributed by atoms with Crippen LogP contribution in [0.3, 0.4) is 0 Å². The number of benzene rings is 2. The molecule has 1 heterocycles. The van der Waals surface area contributed by atoms with Crippen LogP contribution in [0.15, 0.2) is 57.0 Å². The van der Waals surface area contributed by atoms with E-state index in [0.717, 1.165) is 31.7 Å². The molecule has 0 bridgehead atoms. The summed E-state index contributed by atoms with van der Waals surface area (Å²) >= 11 is 0. The summed E-state index contributed by atoms with van der Waals surface area (Å²) in [6.07, 6.45) is 0.700. The monoisotopic (exact) mass is 510 g/mol. The van der Waals surface area contributed by atoms with Crippen LogP contribution in [0, 0.1) is 12.8 Å². The Morgan fingerprint density at radius 3 is 2.30 bits per heavy atom. The van der Waals surface area contributed by atoms with Crippen LogP contribution >= 0.6 is 0 Å². The van der Waals surface area contributed by atoms with Gasteiger partial charge < -0.3 is 15.4 Å². The molecule has 37 heavy (non-hydrogen) atoms. The van der Waals surface area contributed by atoms with Gasteiger partial charge in [-0.1, -0.05) is 43.7 Å². The first-order chi connectivity index (χ1) is 17.5. The van der Waals surface area contributed by atoms with Crippen molar-refractivity contribution in [3.8, 4) is 5.75 Å². The summed E-state index contributed by atoms with van der Waals surface area (Å²) in [5.74, 6) is 10.3. The van der Waals surface area contributed by atoms with E-state index in [1.807, 2.05) is 64.1 Å². The van der Waals surface area contributed by atoms with Crippen molar-refractivity contribution in [2.75, 3.05) is 5.84 Å². The quantitative estimate of drug-likeness (QED) is 0.327. The van der Waals surface area contributed by atoms with Gasteiger partial charge in [0.2, 0.25) is 5.62 Å². The molecule has 11 nitrogen and oxygen atoms in total. The maximum absolute atomic E-state index is 13.6. The Bertz CT molecular complexity index is 1450. The molecule has 0 radical (unpaired) electrons. The number of hydrogen-bond acceptors (Lipinski definition) is 8. The minimum absolute atomic E-state index is 0.00510. The van der Waals surface area contributed by atoms with Gasteiger partial charge >= 0.3 is 17.3 Å². The molecule has 2 aromatic carbocycles. The molecule has 0 aliphatic rings. The highest BCUT2D eigenvalue weighted by atomic mass is 16.7. The van der Waals surface area contributed by atoms with E-state index < -0.39 is 23.3 Å². The van der Waals surface area contributed by atoms with Gasteiger partial charge in [0.25, 0.3) is 0 Å². The topological polar surface area (TPSA) is 149 Å². The number of rotatable bonds is 9. The predicted octanol–water partition coefficient (Wildman–Crippen LogP) is 1.52. The van der Waals surface area contributed by atoms with Gasteiger partial charge in [0, 0.05) is 6.54 Å². The van der Waals surface area contributed by atoms with E-state index in [1.165, 1.54) is 11.5 Å². The Kier molecular flexibility index (Phi) is 8.72. The van der Waals surface area contributed by atoms with Gasteiger partial charge in [0.1, 0.15) is 5.75 Å². The van der Waals surface area contributed by atoms with Gasteiger partial charge in [0.15, 0.2) is 0 Å². The molecule has 198 valence electrons. The first-order valence-electron chi connectivity index (χ1n) is 12.1. The van der Waals surface area contributed by atoms with Crippen LogP contribution in [-0.2, 0) is 29.1 Å². The highest BCUT2D eigenvalue weighted by Gasteiger charge is 2.20. The molecule has 1 aromatic heterocycles. The summed E-state index contributed by atoms with van der Waals surface area (Å²) in [6.45, 7) is 9.18. The molecule has 4 N–H and O–H groups in total. The third-order valence-corrected chi connectivity index (χ3v) is 5.81. The van der Waals surface area contributed by atoms with Crippen molar-refractivity contribution in [2.45, 2.75) is 60.2 Å². The molecule has 0 saturated carbocycles. The van der Waals surface area contributed by atoms with E-state index in [9.17, 15) is 14.4 Å². The Hall–Kier alpha value is -4.12. The number of carbonyl (C=O) groups is 1. The average Bonchev–Trinajstić information content (AvgIpc) is 2.88. The van der Waals surface area contributed by atoms with Crippen molar-refractivity contribution in [1.29, 1.82) is 0 Å². The number of carbonyl (C=O) groups excluding carboxylic acids is 1. The van der Waals surface area contributed by atoms with Crippen molar-refractivity contribution in [1.82, 2.24) is 13.8 Å². The van der Waals surface area contributed by atoms with Gasteiger partial charge in [0.05, 0.1) is 24.3 Å². The third-order valence-electron chi connectivity index (χ3n) is 5.81. The normalized spacial score (nSPS) is 12.6. The molecule has 0 amide bonds. The SMILES string of the molecule is CCc1cc(/N=c2\n(N)c(=O)n(C[C@H](C)C(=O)ON)c(=O)n2Cc2ccc(C)cc2)ccc1OC(C)C. The Labute approximate surface area is 214 Å². The van der Waals surface area contributed by atoms with Crippen molar-refractivity contribution in [3.05, 3.63) is 85.7 Å². The second-order valence-electron chi connectivity index (χ2n) is 9.18. The van der Waals surface area contributed by atoms with Crippen LogP contribution in [0.4, 0.5) is 5.69 Å². The summed E-state index contributed by atoms with van der Waals surface area (Å²) in [5, 5.41) is 0. The standard InChI is InChI=1S/C26H34N6O5/c1-6-20-13-21(11-12-22(20)36-16(2)3)29-24-30(15-19-9-7-17(4)8-10-19)25(34)31(26(35)32(24)27)14-18(5)23(33)37-28/h7-13,16,18H,6,14-15,27-28H2,1-5H3/b29-24-/t18-/m0/s1. The molecule has 0 aliphatic heterocycles. The molecule has 0 spiro atoms. The van der Waals surface area contributed by atoms with Crippen LogP contribution in [0.25, 0.3) is 0 Å². The fourth-order valence-electron chi connectivity index (χ4n) is 3.80. The third kappa shape index (κ3) is 6.36. The number of hydrogen-bond donors (Lipinski definition) is 2. The molecule has 11 heteroatoms. The lowest BCUT2D eigenvalue weighted by molar-refractivity contribution is -0.149. The maximum Gasteiger partial charge on any atom is 0.353 e. The summed E-state index contributed by atoms with van der Waals surface area (Å²) in [4.78, 5) is 47.4. The van der Waals surface area contributed by atoms with Crippen molar-refractivity contribution in [3.63, 3.8) is 0 Å². The number of nitrogen functional groups attached to an aromatic ring is 1. The van der Waals surface area contributed by atoms with Gasteiger partial charge in [-0.05, 0) is 56.5 Å². The zero-order valence-electron chi connectivity index (χ0n) is 21.8. The second kappa shape index (κ2) is 11.7. The van der Waals surface area contributed by atoms with Gasteiger partial charge in [-0.2, -0.15) is 10.6 Å². The van der Waals surface area contributed by atoms with Crippen LogP contribution in [0.2, 0.25) is 0 Å². The summed E-state index contributed by atoms with van der Waals surface area (Å²) in [6, 6.07) is 13.0. The highest BCUT2D eigenvalue weighted by Crippen LogP contribution is 2.25. The molecule has 3 aromatic rings. The van der Waals surface area contributed by atoms with E-state index in [4.69, 9.17) is 16.5 Å². The molecular formula is C26H34N6O5. The zero-order chi connectivity index (χ0) is 27.3. The lowest BCUT2D eigenvalue weighted by Crippen LogP contribution is -2.58. The lowest BCUT2D eigenvalue weighted by Gasteiger charge is -2.16. The lowest BCUT2D eigenvalue weighted by atomic mass is 10.1. The summed E-state index contributed by atoms with van der Waals surface area (Å²) in [5.41, 5.74) is 1.76. The molecule has 0 aliphatic carbocycles. The molecule has 1 atom stereocenters. The number of nitrogens with two attached hydrogens (primary N) is 2. The number of ether oxygens (including phenoxy) is 1. The van der Waals surface area contributed by atoms with E-state index >= 15 is 0 Å². The molecule has 0 fully saturated rings. The predicted molar refractivity (Wildman–Crippen MR) is 140 cm³/mol. The van der Waals surface area contributed by atoms with Crippen LogP contribution in [0.5, 0.6) is 5.75 Å². The van der Waals surface area contributed by atoms with Crippen molar-refractivity contribution >= 4 is 11.7 Å². The minimum Gasteiger partial charge on any atom is -0.491 e. The van der Waals surface area contributed by atoms with Crippen LogP contribution < -0.4 is 33.5 Å². The first-order valence-corrected chi connectivity index (χ1v) is 12.1. The van der Waals surface area contributed by atoms with Crippen molar-refractivity contribution < 1.29 is 14.4 Å². The van der Waals surface area contributed by atoms with E-state index in [0.29, 0.717) is 12.1 Å². The summed E-state index contributed by atoms with van der Waals surface area (Å²) < 4.78 is 8.86. The van der Waals surface area contributed by atoms with Gasteiger partial charge in [-0.3, -0.25) is 9.36 Å². The summed E-state index contributed by atoms with van der Waals surface area (Å²) in [7, 11) is 0. The fourth-order valence-corrected chi connectivity index (χ4v) is 3.80. The largest absolute Gasteiger partial charge is 0.491 e. The van der Waals surface area contributed by atoms with Crippen LogP contribution in [0.1, 0.15) is 44.4 Å². The number of aryl methyl sites for hydroxylation is 2. The van der Waals surface area contributed by atoms with E-state index in [1.54, 1.807) is 6.07 Å². The average molecular weight is 511 g/mol. The first kappa shape index (κ1) is 27.5. The minimum atomic E-state index is -0.855. The Morgan fingerprint density at radius 1 is 1.03 bits per heavy atom. The number of aromatic nitrogens is 3. The zero-order valence-corrected chi connectivity index (χ0v) is 21.8. The fraction of sp³-hybridized carbons (Fsp3) is 0.385. The van der Waals surface area contributed by atoms with Gasteiger partial charge in [-0.15, -0.1) is 0 Å². The van der Waals surface area contributed by atoms with Gasteiger partial charge in [-0.25, -0.2) is 19.1 Å². The van der Waals surface area contributed by atoms with E-state index in [2.05, 4.69) is 9.83 Å². The molecular weight excluding hydrogens is 476 g/mol. The molecule has 0 unspecified atom stereocenters. The number of nitrogens with zero attached hydrogens (tertiary/aromatic N) is 4.